The summed E-state index contributed by atoms with van der Waals surface area (Å²) in [6.07, 6.45) is 6.27. The van der Waals surface area contributed by atoms with Crippen molar-refractivity contribution in [1.29, 1.82) is 0 Å². The summed E-state index contributed by atoms with van der Waals surface area (Å²) >= 11 is 1.39. The maximum absolute atomic E-state index is 11.8. The van der Waals surface area contributed by atoms with E-state index in [1.165, 1.54) is 31.0 Å². The van der Waals surface area contributed by atoms with E-state index in [-0.39, 0.29) is 5.91 Å². The molecular weight excluding hydrogens is 312 g/mol. The fourth-order valence-electron chi connectivity index (χ4n) is 2.25. The van der Waals surface area contributed by atoms with Crippen molar-refractivity contribution < 1.29 is 9.21 Å². The molecule has 2 aromatic heterocycles. The van der Waals surface area contributed by atoms with Crippen LogP contribution in [0.25, 0.3) is 11.4 Å². The molecule has 0 aliphatic heterocycles. The third-order valence-corrected chi connectivity index (χ3v) is 4.64. The van der Waals surface area contributed by atoms with Crippen LogP contribution >= 0.6 is 11.8 Å². The Morgan fingerprint density at radius 3 is 2.87 bits per heavy atom. The number of carbonyl (C=O) groups excluding carboxylic acids is 1. The molecule has 6 nitrogen and oxygen atoms in total. The monoisotopic (exact) mass is 336 g/mol. The van der Waals surface area contributed by atoms with E-state index in [0.29, 0.717) is 5.75 Å². The molecular formula is C16H24N4O2S. The summed E-state index contributed by atoms with van der Waals surface area (Å²) in [5.74, 6) is 1.94. The minimum Gasteiger partial charge on any atom is -0.469 e. The Bertz CT molecular complexity index is 636. The lowest BCUT2D eigenvalue weighted by Crippen LogP contribution is -2.26. The van der Waals surface area contributed by atoms with Gasteiger partial charge in [0, 0.05) is 13.6 Å². The van der Waals surface area contributed by atoms with Gasteiger partial charge in [-0.2, -0.15) is 0 Å². The second-order valence-corrected chi connectivity index (χ2v) is 6.40. The number of rotatable bonds is 9. The lowest BCUT2D eigenvalue weighted by Gasteiger charge is -2.05. The Morgan fingerprint density at radius 2 is 2.17 bits per heavy atom. The second-order valence-electron chi connectivity index (χ2n) is 5.45. The fraction of sp³-hybridized carbons (Fsp3) is 0.562. The van der Waals surface area contributed by atoms with Crippen molar-refractivity contribution in [3.05, 3.63) is 18.1 Å². The van der Waals surface area contributed by atoms with Gasteiger partial charge in [-0.05, 0) is 19.4 Å². The van der Waals surface area contributed by atoms with Crippen LogP contribution in [0.3, 0.4) is 0 Å². The van der Waals surface area contributed by atoms with Crippen LogP contribution in [0.1, 0.15) is 38.4 Å². The van der Waals surface area contributed by atoms with E-state index in [1.54, 1.807) is 6.26 Å². The lowest BCUT2D eigenvalue weighted by atomic mass is 10.2. The molecule has 1 N–H and O–H groups in total. The van der Waals surface area contributed by atoms with E-state index in [0.717, 1.165) is 35.3 Å². The van der Waals surface area contributed by atoms with E-state index in [9.17, 15) is 4.79 Å². The van der Waals surface area contributed by atoms with E-state index in [4.69, 9.17) is 4.42 Å². The molecule has 0 spiro atoms. The van der Waals surface area contributed by atoms with Crippen molar-refractivity contribution in [2.75, 3.05) is 12.3 Å². The van der Waals surface area contributed by atoms with E-state index >= 15 is 0 Å². The lowest BCUT2D eigenvalue weighted by molar-refractivity contribution is -0.118. The summed E-state index contributed by atoms with van der Waals surface area (Å²) in [4.78, 5) is 11.8. The van der Waals surface area contributed by atoms with E-state index in [1.807, 2.05) is 24.6 Å². The molecule has 0 aliphatic carbocycles. The zero-order valence-electron chi connectivity index (χ0n) is 14.0. The number of furan rings is 1. The number of aryl methyl sites for hydroxylation is 1. The Morgan fingerprint density at radius 1 is 1.35 bits per heavy atom. The highest BCUT2D eigenvalue weighted by Crippen LogP contribution is 2.25. The molecule has 2 aromatic rings. The van der Waals surface area contributed by atoms with Crippen molar-refractivity contribution in [2.24, 2.45) is 7.05 Å². The summed E-state index contributed by atoms with van der Waals surface area (Å²) in [6, 6.07) is 1.87. The molecule has 2 heterocycles. The van der Waals surface area contributed by atoms with Gasteiger partial charge < -0.3 is 14.3 Å². The maximum Gasteiger partial charge on any atom is 0.230 e. The number of unbranched alkanes of at least 4 members (excludes halogenated alkanes) is 3. The summed E-state index contributed by atoms with van der Waals surface area (Å²) in [7, 11) is 1.90. The Balaban J connectivity index is 1.81. The molecule has 1 amide bonds. The first-order valence-corrected chi connectivity index (χ1v) is 8.95. The van der Waals surface area contributed by atoms with Gasteiger partial charge in [-0.3, -0.25) is 4.79 Å². The van der Waals surface area contributed by atoms with Crippen molar-refractivity contribution >= 4 is 17.7 Å². The maximum atomic E-state index is 11.8. The van der Waals surface area contributed by atoms with Crippen LogP contribution in [0.5, 0.6) is 0 Å². The van der Waals surface area contributed by atoms with Crippen LogP contribution < -0.4 is 5.32 Å². The van der Waals surface area contributed by atoms with E-state index < -0.39 is 0 Å². The quantitative estimate of drug-likeness (QED) is 0.562. The Hall–Kier alpha value is -1.76. The van der Waals surface area contributed by atoms with Crippen molar-refractivity contribution in [2.45, 2.75) is 44.7 Å². The summed E-state index contributed by atoms with van der Waals surface area (Å²) in [5.41, 5.74) is 0.923. The molecule has 2 rings (SSSR count). The summed E-state index contributed by atoms with van der Waals surface area (Å²) in [5, 5.41) is 12.0. The minimum absolute atomic E-state index is 0.0375. The van der Waals surface area contributed by atoms with Gasteiger partial charge in [0.1, 0.15) is 5.76 Å². The average molecular weight is 336 g/mol. The van der Waals surface area contributed by atoms with Gasteiger partial charge in [0.25, 0.3) is 0 Å². The third kappa shape index (κ3) is 4.86. The Labute approximate surface area is 141 Å². The molecule has 0 radical (unpaired) electrons. The third-order valence-electron chi connectivity index (χ3n) is 3.62. The van der Waals surface area contributed by atoms with Crippen LogP contribution in [0, 0.1) is 6.92 Å². The zero-order chi connectivity index (χ0) is 16.7. The number of thioether (sulfide) groups is 1. The number of carbonyl (C=O) groups is 1. The highest BCUT2D eigenvalue weighted by Gasteiger charge is 2.15. The topological polar surface area (TPSA) is 73.0 Å². The predicted octanol–water partition coefficient (Wildman–Crippen LogP) is 3.17. The van der Waals surface area contributed by atoms with Gasteiger partial charge in [0.2, 0.25) is 5.91 Å². The molecule has 7 heteroatoms. The smallest absolute Gasteiger partial charge is 0.230 e. The highest BCUT2D eigenvalue weighted by atomic mass is 32.2. The number of nitrogens with zero attached hydrogens (tertiary/aromatic N) is 3. The highest BCUT2D eigenvalue weighted by molar-refractivity contribution is 7.99. The first kappa shape index (κ1) is 17.6. The Kier molecular flexibility index (Phi) is 6.70. The van der Waals surface area contributed by atoms with Crippen molar-refractivity contribution in [3.8, 4) is 11.4 Å². The van der Waals surface area contributed by atoms with E-state index in [2.05, 4.69) is 22.4 Å². The number of amides is 1. The first-order valence-electron chi connectivity index (χ1n) is 7.96. The number of hydrogen-bond donors (Lipinski definition) is 1. The normalized spacial score (nSPS) is 10.9. The number of hydrogen-bond acceptors (Lipinski definition) is 5. The number of nitrogens with one attached hydrogen (secondary N) is 1. The average Bonchev–Trinajstić information content (AvgIpc) is 3.11. The molecule has 0 aliphatic rings. The standard InChI is InChI=1S/C16H24N4O2S/c1-4-5-6-7-9-17-14(21)11-23-16-19-18-15(20(16)3)13-8-10-22-12(13)2/h8,10H,4-7,9,11H2,1-3H3,(H,17,21). The second kappa shape index (κ2) is 8.76. The van der Waals surface area contributed by atoms with Gasteiger partial charge in [-0.15, -0.1) is 10.2 Å². The molecule has 0 fully saturated rings. The number of aromatic nitrogens is 3. The zero-order valence-corrected chi connectivity index (χ0v) is 14.8. The van der Waals surface area contributed by atoms with Crippen LogP contribution in [0.4, 0.5) is 0 Å². The largest absolute Gasteiger partial charge is 0.469 e. The molecule has 0 saturated carbocycles. The summed E-state index contributed by atoms with van der Waals surface area (Å²) < 4.78 is 7.19. The van der Waals surface area contributed by atoms with Gasteiger partial charge in [0.05, 0.1) is 17.6 Å². The van der Waals surface area contributed by atoms with Crippen molar-refractivity contribution in [1.82, 2.24) is 20.1 Å². The molecule has 0 bridgehead atoms. The molecule has 0 saturated heterocycles. The predicted molar refractivity (Wildman–Crippen MR) is 91.3 cm³/mol. The minimum atomic E-state index is 0.0375. The molecule has 126 valence electrons. The van der Waals surface area contributed by atoms with Gasteiger partial charge >= 0.3 is 0 Å². The molecule has 0 unspecified atom stereocenters. The van der Waals surface area contributed by atoms with Crippen LogP contribution in [-0.2, 0) is 11.8 Å². The fourth-order valence-corrected chi connectivity index (χ4v) is 2.99. The SMILES string of the molecule is CCCCCCNC(=O)CSc1nnc(-c2ccoc2C)n1C. The molecule has 0 aromatic carbocycles. The van der Waals surface area contributed by atoms with Crippen LogP contribution in [0.15, 0.2) is 21.9 Å². The van der Waals surface area contributed by atoms with Gasteiger partial charge in [0.15, 0.2) is 11.0 Å². The molecule has 23 heavy (non-hydrogen) atoms. The summed E-state index contributed by atoms with van der Waals surface area (Å²) in [6.45, 7) is 4.82. The van der Waals surface area contributed by atoms with Crippen molar-refractivity contribution in [3.63, 3.8) is 0 Å². The van der Waals surface area contributed by atoms with Gasteiger partial charge in [-0.25, -0.2) is 0 Å². The first-order chi connectivity index (χ1) is 11.1. The van der Waals surface area contributed by atoms with Crippen LogP contribution in [-0.4, -0.2) is 33.0 Å². The van der Waals surface area contributed by atoms with Crippen LogP contribution in [0.2, 0.25) is 0 Å². The van der Waals surface area contributed by atoms with Gasteiger partial charge in [-0.1, -0.05) is 37.9 Å². The molecule has 0 atom stereocenters.